The highest BCUT2D eigenvalue weighted by atomic mass is 16.5. The largest absolute Gasteiger partial charge is 0.468 e. The first-order chi connectivity index (χ1) is 7.77. The molecule has 0 aliphatic heterocycles. The highest BCUT2D eigenvalue weighted by Crippen LogP contribution is 1.96. The van der Waals surface area contributed by atoms with E-state index in [1.165, 1.54) is 7.11 Å². The van der Waals surface area contributed by atoms with Crippen molar-refractivity contribution in [1.82, 2.24) is 10.3 Å². The third-order valence-electron chi connectivity index (χ3n) is 2.39. The molecule has 4 heteroatoms. The number of carbonyl (C=O) groups excluding carboxylic acids is 1. The van der Waals surface area contributed by atoms with Crippen LogP contribution in [-0.4, -0.2) is 30.6 Å². The maximum absolute atomic E-state index is 11.3. The van der Waals surface area contributed by atoms with Gasteiger partial charge < -0.3 is 10.1 Å². The first kappa shape index (κ1) is 12.6. The van der Waals surface area contributed by atoms with Gasteiger partial charge in [-0.25, -0.2) is 0 Å². The zero-order valence-corrected chi connectivity index (χ0v) is 9.77. The number of pyridine rings is 1. The molecule has 16 heavy (non-hydrogen) atoms. The molecule has 1 aromatic heterocycles. The van der Waals surface area contributed by atoms with E-state index in [-0.39, 0.29) is 12.0 Å². The summed E-state index contributed by atoms with van der Waals surface area (Å²) in [6.07, 6.45) is 3.32. The molecule has 0 spiro atoms. The molecule has 0 aliphatic rings. The lowest BCUT2D eigenvalue weighted by Crippen LogP contribution is -2.38. The van der Waals surface area contributed by atoms with Gasteiger partial charge >= 0.3 is 5.97 Å². The molecule has 0 aromatic carbocycles. The van der Waals surface area contributed by atoms with Crippen LogP contribution in [0, 0.1) is 0 Å². The minimum atomic E-state index is -0.214. The Morgan fingerprint density at radius 1 is 1.56 bits per heavy atom. The van der Waals surface area contributed by atoms with Crippen LogP contribution in [0.5, 0.6) is 0 Å². The van der Waals surface area contributed by atoms with Gasteiger partial charge in [0.2, 0.25) is 0 Å². The smallest absolute Gasteiger partial charge is 0.322 e. The van der Waals surface area contributed by atoms with E-state index in [9.17, 15) is 4.79 Å². The maximum Gasteiger partial charge on any atom is 0.322 e. The Hall–Kier alpha value is -1.42. The van der Waals surface area contributed by atoms with Crippen molar-refractivity contribution >= 4 is 5.97 Å². The fraction of sp³-hybridized carbons (Fsp3) is 0.500. The van der Waals surface area contributed by atoms with Gasteiger partial charge in [-0.2, -0.15) is 0 Å². The van der Waals surface area contributed by atoms with Gasteiger partial charge in [-0.1, -0.05) is 13.0 Å². The second-order valence-corrected chi connectivity index (χ2v) is 3.51. The Balaban J connectivity index is 2.31. The molecule has 1 aromatic rings. The van der Waals surface area contributed by atoms with E-state index < -0.39 is 0 Å². The molecular weight excluding hydrogens is 204 g/mol. The molecule has 0 aliphatic carbocycles. The molecule has 0 saturated carbocycles. The van der Waals surface area contributed by atoms with Gasteiger partial charge in [-0.05, 0) is 18.6 Å². The van der Waals surface area contributed by atoms with Crippen molar-refractivity contribution in [3.05, 3.63) is 30.1 Å². The molecule has 0 radical (unpaired) electrons. The molecule has 0 amide bonds. The van der Waals surface area contributed by atoms with Crippen LogP contribution >= 0.6 is 0 Å². The molecule has 0 saturated heterocycles. The average Bonchev–Trinajstić information content (AvgIpc) is 2.35. The first-order valence-corrected chi connectivity index (χ1v) is 5.49. The van der Waals surface area contributed by atoms with E-state index in [1.807, 2.05) is 25.1 Å². The number of aromatic nitrogens is 1. The summed E-state index contributed by atoms with van der Waals surface area (Å²) in [6.45, 7) is 2.68. The lowest BCUT2D eigenvalue weighted by atomic mass is 10.2. The summed E-state index contributed by atoms with van der Waals surface area (Å²) in [4.78, 5) is 15.5. The van der Waals surface area contributed by atoms with E-state index >= 15 is 0 Å². The van der Waals surface area contributed by atoms with Crippen LogP contribution in [0.25, 0.3) is 0 Å². The van der Waals surface area contributed by atoms with Crippen LogP contribution in [0.4, 0.5) is 0 Å². The van der Waals surface area contributed by atoms with Crippen LogP contribution in [0.1, 0.15) is 19.0 Å². The maximum atomic E-state index is 11.3. The van der Waals surface area contributed by atoms with Crippen LogP contribution in [0.15, 0.2) is 24.4 Å². The number of nitrogens with zero attached hydrogens (tertiary/aromatic N) is 1. The predicted octanol–water partition coefficient (Wildman–Crippen LogP) is 1.17. The van der Waals surface area contributed by atoms with Gasteiger partial charge in [-0.15, -0.1) is 0 Å². The van der Waals surface area contributed by atoms with Crippen molar-refractivity contribution in [3.8, 4) is 0 Å². The molecule has 0 fully saturated rings. The Bertz CT molecular complexity index is 314. The summed E-state index contributed by atoms with van der Waals surface area (Å²) in [5, 5.41) is 3.15. The third kappa shape index (κ3) is 3.98. The van der Waals surface area contributed by atoms with E-state index in [1.54, 1.807) is 6.20 Å². The molecule has 1 heterocycles. The van der Waals surface area contributed by atoms with E-state index in [0.717, 1.165) is 25.1 Å². The van der Waals surface area contributed by atoms with Gasteiger partial charge in [0.1, 0.15) is 6.04 Å². The summed E-state index contributed by atoms with van der Waals surface area (Å²) in [5.41, 5.74) is 1.02. The van der Waals surface area contributed by atoms with Crippen LogP contribution < -0.4 is 5.32 Å². The highest BCUT2D eigenvalue weighted by Gasteiger charge is 2.15. The number of hydrogen-bond acceptors (Lipinski definition) is 4. The quantitative estimate of drug-likeness (QED) is 0.734. The number of nitrogens with one attached hydrogen (secondary N) is 1. The van der Waals surface area contributed by atoms with Crippen molar-refractivity contribution in [1.29, 1.82) is 0 Å². The van der Waals surface area contributed by atoms with Crippen LogP contribution in [0.2, 0.25) is 0 Å². The Kier molecular flexibility index (Phi) is 5.50. The van der Waals surface area contributed by atoms with Crippen LogP contribution in [0.3, 0.4) is 0 Å². The monoisotopic (exact) mass is 222 g/mol. The fourth-order valence-corrected chi connectivity index (χ4v) is 1.46. The number of hydrogen-bond donors (Lipinski definition) is 1. The minimum absolute atomic E-state index is 0.205. The lowest BCUT2D eigenvalue weighted by molar-refractivity contribution is -0.143. The number of ether oxygens (including phenoxy) is 1. The molecule has 1 unspecified atom stereocenters. The Morgan fingerprint density at radius 2 is 2.38 bits per heavy atom. The topological polar surface area (TPSA) is 51.2 Å². The Morgan fingerprint density at radius 3 is 2.94 bits per heavy atom. The number of rotatable bonds is 6. The highest BCUT2D eigenvalue weighted by molar-refractivity contribution is 5.75. The standard InChI is InChI=1S/C12H18N2O2/c1-3-11(12(15)16-2)14-9-7-10-6-4-5-8-13-10/h4-6,8,11,14H,3,7,9H2,1-2H3. The molecule has 0 bridgehead atoms. The second kappa shape index (κ2) is 6.95. The van der Waals surface area contributed by atoms with Crippen molar-refractivity contribution < 1.29 is 9.53 Å². The summed E-state index contributed by atoms with van der Waals surface area (Å²) in [7, 11) is 1.41. The summed E-state index contributed by atoms with van der Waals surface area (Å²) in [5.74, 6) is -0.205. The van der Waals surface area contributed by atoms with Crippen LogP contribution in [-0.2, 0) is 16.0 Å². The second-order valence-electron chi connectivity index (χ2n) is 3.51. The Labute approximate surface area is 96.0 Å². The van der Waals surface area contributed by atoms with Gasteiger partial charge in [0, 0.05) is 24.9 Å². The first-order valence-electron chi connectivity index (χ1n) is 5.49. The third-order valence-corrected chi connectivity index (χ3v) is 2.39. The summed E-state index contributed by atoms with van der Waals surface area (Å²) >= 11 is 0. The lowest BCUT2D eigenvalue weighted by Gasteiger charge is -2.13. The molecular formula is C12H18N2O2. The van der Waals surface area contributed by atoms with Crippen molar-refractivity contribution in [2.45, 2.75) is 25.8 Å². The number of carbonyl (C=O) groups is 1. The molecule has 1 atom stereocenters. The van der Waals surface area contributed by atoms with Crippen molar-refractivity contribution in [2.75, 3.05) is 13.7 Å². The molecule has 4 nitrogen and oxygen atoms in total. The SMILES string of the molecule is CCC(NCCc1ccccn1)C(=O)OC. The average molecular weight is 222 g/mol. The molecule has 1 rings (SSSR count). The number of methoxy groups -OCH3 is 1. The van der Waals surface area contributed by atoms with Gasteiger partial charge in [-0.3, -0.25) is 9.78 Å². The van der Waals surface area contributed by atoms with Crippen molar-refractivity contribution in [2.24, 2.45) is 0 Å². The predicted molar refractivity (Wildman–Crippen MR) is 62.0 cm³/mol. The van der Waals surface area contributed by atoms with E-state index in [2.05, 4.69) is 15.0 Å². The zero-order chi connectivity index (χ0) is 11.8. The van der Waals surface area contributed by atoms with Gasteiger partial charge in [0.25, 0.3) is 0 Å². The zero-order valence-electron chi connectivity index (χ0n) is 9.77. The molecule has 1 N–H and O–H groups in total. The van der Waals surface area contributed by atoms with Crippen molar-refractivity contribution in [3.63, 3.8) is 0 Å². The summed E-state index contributed by atoms with van der Waals surface area (Å²) < 4.78 is 4.69. The number of esters is 1. The van der Waals surface area contributed by atoms with Gasteiger partial charge in [0.15, 0.2) is 0 Å². The van der Waals surface area contributed by atoms with E-state index in [0.29, 0.717) is 0 Å². The van der Waals surface area contributed by atoms with E-state index in [4.69, 9.17) is 0 Å². The fourth-order valence-electron chi connectivity index (χ4n) is 1.46. The minimum Gasteiger partial charge on any atom is -0.468 e. The molecule has 88 valence electrons. The normalized spacial score (nSPS) is 12.1. The summed E-state index contributed by atoms with van der Waals surface area (Å²) in [6, 6.07) is 5.61. The van der Waals surface area contributed by atoms with Gasteiger partial charge in [0.05, 0.1) is 7.11 Å².